The molecule has 0 spiro atoms. The van der Waals surface area contributed by atoms with Gasteiger partial charge in [-0.2, -0.15) is 14.7 Å². The fourth-order valence-corrected chi connectivity index (χ4v) is 4.25. The summed E-state index contributed by atoms with van der Waals surface area (Å²) in [5.74, 6) is 0. The molecule has 7 nitrogen and oxygen atoms in total. The quantitative estimate of drug-likeness (QED) is 0.845. The molecular weight excluding hydrogens is 326 g/mol. The Morgan fingerprint density at radius 1 is 1.41 bits per heavy atom. The van der Waals surface area contributed by atoms with Crippen molar-refractivity contribution in [2.75, 3.05) is 13.1 Å². The molecule has 1 fully saturated rings. The van der Waals surface area contributed by atoms with Crippen LogP contribution < -0.4 is 0 Å². The summed E-state index contributed by atoms with van der Waals surface area (Å²) in [6, 6.07) is 6.03. The van der Waals surface area contributed by atoms with Gasteiger partial charge in [0.05, 0.1) is 21.5 Å². The van der Waals surface area contributed by atoms with Crippen LogP contribution in [0.1, 0.15) is 18.0 Å². The van der Waals surface area contributed by atoms with Crippen molar-refractivity contribution in [3.63, 3.8) is 0 Å². The number of halogens is 1. The Morgan fingerprint density at radius 2 is 2.23 bits per heavy atom. The van der Waals surface area contributed by atoms with Gasteiger partial charge >= 0.3 is 0 Å². The van der Waals surface area contributed by atoms with Gasteiger partial charge < -0.3 is 0 Å². The number of nitrogens with zero attached hydrogens (tertiary/aromatic N) is 5. The molecule has 1 aliphatic rings. The first-order valence-electron chi connectivity index (χ1n) is 6.56. The number of sulfonamides is 1. The zero-order chi connectivity index (χ0) is 15.7. The van der Waals surface area contributed by atoms with Gasteiger partial charge in [0.1, 0.15) is 18.7 Å². The summed E-state index contributed by atoms with van der Waals surface area (Å²) in [4.78, 5) is 3.97. The molecule has 22 heavy (non-hydrogen) atoms. The van der Waals surface area contributed by atoms with E-state index < -0.39 is 10.0 Å². The zero-order valence-electron chi connectivity index (χ0n) is 11.4. The summed E-state index contributed by atoms with van der Waals surface area (Å²) in [5.41, 5.74) is 0.252. The van der Waals surface area contributed by atoms with Gasteiger partial charge in [0.25, 0.3) is 0 Å². The molecule has 0 N–H and O–H groups in total. The van der Waals surface area contributed by atoms with Crippen molar-refractivity contribution in [1.29, 1.82) is 5.26 Å². The minimum Gasteiger partial charge on any atom is -0.249 e. The number of rotatable bonds is 3. The number of hydrogen-bond acceptors (Lipinski definition) is 5. The van der Waals surface area contributed by atoms with Gasteiger partial charge in [-0.3, -0.25) is 0 Å². The largest absolute Gasteiger partial charge is 0.249 e. The van der Waals surface area contributed by atoms with E-state index in [1.165, 1.54) is 28.8 Å². The van der Waals surface area contributed by atoms with Crippen LogP contribution in [0.5, 0.6) is 0 Å². The second-order valence-electron chi connectivity index (χ2n) is 4.93. The van der Waals surface area contributed by atoms with Gasteiger partial charge in [-0.25, -0.2) is 18.1 Å². The molecule has 1 atom stereocenters. The Kier molecular flexibility index (Phi) is 3.87. The molecule has 3 rings (SSSR count). The van der Waals surface area contributed by atoms with E-state index in [-0.39, 0.29) is 21.5 Å². The van der Waals surface area contributed by atoms with Crippen molar-refractivity contribution in [3.8, 4) is 6.07 Å². The molecule has 0 saturated carbocycles. The van der Waals surface area contributed by atoms with Gasteiger partial charge in [-0.15, -0.1) is 0 Å². The van der Waals surface area contributed by atoms with Gasteiger partial charge in [-0.1, -0.05) is 11.6 Å². The van der Waals surface area contributed by atoms with Gasteiger partial charge in [0, 0.05) is 13.1 Å². The van der Waals surface area contributed by atoms with E-state index in [4.69, 9.17) is 16.9 Å². The maximum absolute atomic E-state index is 12.6. The first-order valence-corrected chi connectivity index (χ1v) is 8.38. The highest BCUT2D eigenvalue weighted by Crippen LogP contribution is 2.28. The molecule has 9 heteroatoms. The Hall–Kier alpha value is -1.95. The van der Waals surface area contributed by atoms with Crippen LogP contribution in [0.2, 0.25) is 5.02 Å². The van der Waals surface area contributed by atoms with Crippen molar-refractivity contribution in [2.24, 2.45) is 0 Å². The van der Waals surface area contributed by atoms with Crippen LogP contribution in [0, 0.1) is 11.3 Å². The predicted molar refractivity (Wildman–Crippen MR) is 78.6 cm³/mol. The van der Waals surface area contributed by atoms with Crippen LogP contribution >= 0.6 is 11.6 Å². The molecule has 1 saturated heterocycles. The van der Waals surface area contributed by atoms with Gasteiger partial charge in [-0.05, 0) is 24.6 Å². The summed E-state index contributed by atoms with van der Waals surface area (Å²) >= 11 is 5.92. The van der Waals surface area contributed by atoms with Crippen LogP contribution in [-0.4, -0.2) is 40.6 Å². The number of nitriles is 1. The third-order valence-corrected chi connectivity index (χ3v) is 5.81. The third-order valence-electron chi connectivity index (χ3n) is 3.64. The normalized spacial score (nSPS) is 19.2. The minimum atomic E-state index is -3.63. The second-order valence-corrected chi connectivity index (χ2v) is 7.28. The van der Waals surface area contributed by atoms with E-state index in [2.05, 4.69) is 10.1 Å². The Morgan fingerprint density at radius 3 is 2.86 bits per heavy atom. The van der Waals surface area contributed by atoms with Crippen LogP contribution in [0.25, 0.3) is 0 Å². The Labute approximate surface area is 132 Å². The van der Waals surface area contributed by atoms with Crippen LogP contribution in [0.15, 0.2) is 35.7 Å². The van der Waals surface area contributed by atoms with E-state index in [9.17, 15) is 8.42 Å². The van der Waals surface area contributed by atoms with Crippen molar-refractivity contribution in [3.05, 3.63) is 41.4 Å². The lowest BCUT2D eigenvalue weighted by atomic mass is 10.2. The highest BCUT2D eigenvalue weighted by molar-refractivity contribution is 7.89. The topological polar surface area (TPSA) is 91.9 Å². The highest BCUT2D eigenvalue weighted by Gasteiger charge is 2.33. The van der Waals surface area contributed by atoms with Crippen molar-refractivity contribution < 1.29 is 8.42 Å². The fourth-order valence-electron chi connectivity index (χ4n) is 2.45. The fraction of sp³-hybridized carbons (Fsp3) is 0.308. The predicted octanol–water partition coefficient (Wildman–Crippen LogP) is 1.44. The molecule has 2 heterocycles. The smallest absolute Gasteiger partial charge is 0.243 e. The van der Waals surface area contributed by atoms with Gasteiger partial charge in [0.15, 0.2) is 0 Å². The molecule has 1 aromatic carbocycles. The molecule has 0 radical (unpaired) electrons. The Balaban J connectivity index is 1.85. The maximum Gasteiger partial charge on any atom is 0.243 e. The van der Waals surface area contributed by atoms with E-state index in [1.807, 2.05) is 6.07 Å². The summed E-state index contributed by atoms with van der Waals surface area (Å²) in [6.07, 6.45) is 3.68. The zero-order valence-corrected chi connectivity index (χ0v) is 13.0. The average molecular weight is 338 g/mol. The number of aromatic nitrogens is 3. The van der Waals surface area contributed by atoms with Crippen molar-refractivity contribution in [1.82, 2.24) is 19.1 Å². The van der Waals surface area contributed by atoms with Crippen LogP contribution in [-0.2, 0) is 10.0 Å². The SMILES string of the molecule is N#Cc1ccc(S(=O)(=O)N2CC[C@@H](n3cncn3)C2)cc1Cl. The summed E-state index contributed by atoms with van der Waals surface area (Å²) in [7, 11) is -3.63. The van der Waals surface area contributed by atoms with Gasteiger partial charge in [0.2, 0.25) is 10.0 Å². The third kappa shape index (κ3) is 2.59. The molecule has 0 unspecified atom stereocenters. The number of hydrogen-bond donors (Lipinski definition) is 0. The van der Waals surface area contributed by atoms with Crippen LogP contribution in [0.3, 0.4) is 0 Å². The first kappa shape index (κ1) is 15.0. The standard InChI is InChI=1S/C13H12ClN5O2S/c14-13-5-12(2-1-10(13)6-15)22(20,21)18-4-3-11(7-18)19-9-16-8-17-19/h1-2,5,8-9,11H,3-4,7H2/t11-/m1/s1. The first-order chi connectivity index (χ1) is 10.5. The van der Waals surface area contributed by atoms with Crippen molar-refractivity contribution in [2.45, 2.75) is 17.4 Å². The maximum atomic E-state index is 12.6. The monoisotopic (exact) mass is 337 g/mol. The summed E-state index contributed by atoms with van der Waals surface area (Å²) < 4.78 is 28.3. The highest BCUT2D eigenvalue weighted by atomic mass is 35.5. The Bertz CT molecular complexity index is 829. The molecule has 0 bridgehead atoms. The molecule has 114 valence electrons. The summed E-state index contributed by atoms with van der Waals surface area (Å²) in [6.45, 7) is 0.744. The van der Waals surface area contributed by atoms with Crippen LogP contribution in [0.4, 0.5) is 0 Å². The molecule has 2 aromatic rings. The second kappa shape index (κ2) is 5.68. The summed E-state index contributed by atoms with van der Waals surface area (Å²) in [5, 5.41) is 13.0. The van der Waals surface area contributed by atoms with E-state index in [1.54, 1.807) is 11.0 Å². The lowest BCUT2D eigenvalue weighted by Gasteiger charge is -2.17. The molecule has 0 aliphatic carbocycles. The lowest BCUT2D eigenvalue weighted by molar-refractivity contribution is 0.434. The minimum absolute atomic E-state index is 0.0221. The molecule has 1 aliphatic heterocycles. The van der Waals surface area contributed by atoms with E-state index >= 15 is 0 Å². The molecule has 1 aromatic heterocycles. The lowest BCUT2D eigenvalue weighted by Crippen LogP contribution is -2.29. The number of benzene rings is 1. The van der Waals surface area contributed by atoms with E-state index in [0.717, 1.165) is 0 Å². The van der Waals surface area contributed by atoms with Crippen molar-refractivity contribution >= 4 is 21.6 Å². The molecule has 0 amide bonds. The van der Waals surface area contributed by atoms with E-state index in [0.29, 0.717) is 19.5 Å². The average Bonchev–Trinajstić information content (AvgIpc) is 3.18. The molecular formula is C13H12ClN5O2S.